The van der Waals surface area contributed by atoms with Crippen LogP contribution in [0.2, 0.25) is 0 Å². The first-order valence-electron chi connectivity index (χ1n) is 18.8. The van der Waals surface area contributed by atoms with Gasteiger partial charge in [0.15, 0.2) is 5.82 Å². The van der Waals surface area contributed by atoms with Gasteiger partial charge >= 0.3 is 0 Å². The Kier molecular flexibility index (Phi) is 8.47. The van der Waals surface area contributed by atoms with Crippen LogP contribution in [-0.2, 0) is 0 Å². The van der Waals surface area contributed by atoms with E-state index in [-0.39, 0.29) is 0 Å². The SMILES string of the molecule is c1ccc(-c2cc(-c3ccccc3)nc(-c3cccc(-c4ccc(-c5cc(-c6ccccc6)nc6c5ccc5ccc(-c7ccccc7)nc56)cc4)c3)n2)cc1. The van der Waals surface area contributed by atoms with E-state index in [9.17, 15) is 0 Å². The third-order valence-corrected chi connectivity index (χ3v) is 10.3. The summed E-state index contributed by atoms with van der Waals surface area (Å²) < 4.78 is 0. The Morgan fingerprint density at radius 2 is 0.714 bits per heavy atom. The molecule has 10 rings (SSSR count). The van der Waals surface area contributed by atoms with Gasteiger partial charge in [0.25, 0.3) is 0 Å². The van der Waals surface area contributed by atoms with E-state index in [1.54, 1.807) is 0 Å². The lowest BCUT2D eigenvalue weighted by atomic mass is 9.95. The van der Waals surface area contributed by atoms with Gasteiger partial charge in [0, 0.05) is 38.6 Å². The Morgan fingerprint density at radius 3 is 1.30 bits per heavy atom. The van der Waals surface area contributed by atoms with Gasteiger partial charge in [0.1, 0.15) is 0 Å². The van der Waals surface area contributed by atoms with Gasteiger partial charge in [-0.1, -0.05) is 182 Å². The number of nitrogens with zero attached hydrogens (tertiary/aromatic N) is 4. The van der Waals surface area contributed by atoms with Crippen LogP contribution >= 0.6 is 0 Å². The normalized spacial score (nSPS) is 11.2. The average Bonchev–Trinajstić information content (AvgIpc) is 3.29. The molecule has 0 aliphatic heterocycles. The summed E-state index contributed by atoms with van der Waals surface area (Å²) in [6.45, 7) is 0. The Morgan fingerprint density at radius 1 is 0.250 bits per heavy atom. The summed E-state index contributed by atoms with van der Waals surface area (Å²) in [7, 11) is 0. The van der Waals surface area contributed by atoms with Crippen LogP contribution in [0.15, 0.2) is 206 Å². The van der Waals surface area contributed by atoms with Crippen molar-refractivity contribution in [1.82, 2.24) is 19.9 Å². The Bertz CT molecular complexity index is 2930. The van der Waals surface area contributed by atoms with Crippen LogP contribution < -0.4 is 0 Å². The number of pyridine rings is 2. The Hall–Kier alpha value is -7.56. The zero-order chi connectivity index (χ0) is 37.3. The highest BCUT2D eigenvalue weighted by Gasteiger charge is 2.15. The van der Waals surface area contributed by atoms with Crippen molar-refractivity contribution in [3.05, 3.63) is 206 Å². The van der Waals surface area contributed by atoms with Crippen molar-refractivity contribution in [3.8, 4) is 78.7 Å². The van der Waals surface area contributed by atoms with Gasteiger partial charge in [-0.25, -0.2) is 19.9 Å². The summed E-state index contributed by atoms with van der Waals surface area (Å²) in [5.74, 6) is 0.691. The van der Waals surface area contributed by atoms with Crippen molar-refractivity contribution in [2.24, 2.45) is 0 Å². The maximum absolute atomic E-state index is 5.27. The molecule has 7 aromatic carbocycles. The van der Waals surface area contributed by atoms with Crippen LogP contribution in [0.25, 0.3) is 100 Å². The highest BCUT2D eigenvalue weighted by atomic mass is 14.9. The third-order valence-electron chi connectivity index (χ3n) is 10.3. The van der Waals surface area contributed by atoms with E-state index in [0.717, 1.165) is 94.7 Å². The van der Waals surface area contributed by atoms with Crippen LogP contribution in [0.4, 0.5) is 0 Å². The minimum atomic E-state index is 0.691. The lowest BCUT2D eigenvalue weighted by Crippen LogP contribution is -1.96. The number of hydrogen-bond donors (Lipinski definition) is 0. The van der Waals surface area contributed by atoms with Crippen LogP contribution in [-0.4, -0.2) is 19.9 Å². The van der Waals surface area contributed by atoms with Crippen LogP contribution in [0.5, 0.6) is 0 Å². The average molecular weight is 715 g/mol. The molecule has 0 N–H and O–H groups in total. The summed E-state index contributed by atoms with van der Waals surface area (Å²) in [6, 6.07) is 71.5. The molecule has 0 aliphatic rings. The van der Waals surface area contributed by atoms with Crippen LogP contribution in [0, 0.1) is 0 Å². The van der Waals surface area contributed by atoms with Crippen molar-refractivity contribution in [2.45, 2.75) is 0 Å². The third kappa shape index (κ3) is 6.40. The molecule has 3 heterocycles. The first kappa shape index (κ1) is 33.0. The Labute approximate surface area is 325 Å². The van der Waals surface area contributed by atoms with Gasteiger partial charge in [-0.05, 0) is 46.5 Å². The molecule has 0 atom stereocenters. The molecule has 0 saturated heterocycles. The van der Waals surface area contributed by atoms with Crippen molar-refractivity contribution >= 4 is 21.8 Å². The molecule has 0 spiro atoms. The first-order valence-corrected chi connectivity index (χ1v) is 18.8. The molecule has 10 aromatic rings. The van der Waals surface area contributed by atoms with Gasteiger partial charge in [0.2, 0.25) is 0 Å². The summed E-state index contributed by atoms with van der Waals surface area (Å²) >= 11 is 0. The van der Waals surface area contributed by atoms with E-state index in [1.807, 2.05) is 60.7 Å². The molecule has 0 unspecified atom stereocenters. The van der Waals surface area contributed by atoms with Gasteiger partial charge < -0.3 is 0 Å². The van der Waals surface area contributed by atoms with Crippen molar-refractivity contribution in [1.29, 1.82) is 0 Å². The van der Waals surface area contributed by atoms with Gasteiger partial charge in [-0.3, -0.25) is 0 Å². The van der Waals surface area contributed by atoms with Crippen molar-refractivity contribution in [2.75, 3.05) is 0 Å². The molecular formula is C52H34N4. The molecule has 0 radical (unpaired) electrons. The maximum atomic E-state index is 5.27. The van der Waals surface area contributed by atoms with E-state index in [2.05, 4.69) is 146 Å². The molecular weight excluding hydrogens is 681 g/mol. The predicted octanol–water partition coefficient (Wildman–Crippen LogP) is 13.2. The van der Waals surface area contributed by atoms with Crippen molar-refractivity contribution < 1.29 is 0 Å². The fraction of sp³-hybridized carbons (Fsp3) is 0. The van der Waals surface area contributed by atoms with Crippen LogP contribution in [0.3, 0.4) is 0 Å². The monoisotopic (exact) mass is 714 g/mol. The standard InChI is InChI=1S/C52H34N4/c1-5-14-37(15-6-1)46-31-29-41-28-30-44-45(33-47(38-16-7-2-8-17-38)54-51(44)50(41)53-46)36-26-24-35(25-27-36)42-22-13-23-43(32-42)52-55-48(39-18-9-3-10-19-39)34-49(56-52)40-20-11-4-12-21-40/h1-34H. The molecule has 3 aromatic heterocycles. The summed E-state index contributed by atoms with van der Waals surface area (Å²) in [6.07, 6.45) is 0. The lowest BCUT2D eigenvalue weighted by Gasteiger charge is -2.14. The van der Waals surface area contributed by atoms with Crippen molar-refractivity contribution in [3.63, 3.8) is 0 Å². The van der Waals surface area contributed by atoms with E-state index in [0.29, 0.717) is 5.82 Å². The minimum absolute atomic E-state index is 0.691. The number of benzene rings is 7. The zero-order valence-electron chi connectivity index (χ0n) is 30.4. The molecule has 0 saturated carbocycles. The maximum Gasteiger partial charge on any atom is 0.160 e. The molecule has 0 bridgehead atoms. The smallest absolute Gasteiger partial charge is 0.160 e. The predicted molar refractivity (Wildman–Crippen MR) is 231 cm³/mol. The molecule has 4 nitrogen and oxygen atoms in total. The first-order chi connectivity index (χ1) is 27.7. The quantitative estimate of drug-likeness (QED) is 0.154. The number of aromatic nitrogens is 4. The summed E-state index contributed by atoms with van der Waals surface area (Å²) in [5, 5.41) is 2.12. The number of fused-ring (bicyclic) bond motifs is 3. The van der Waals surface area contributed by atoms with E-state index < -0.39 is 0 Å². The van der Waals surface area contributed by atoms with Crippen LogP contribution in [0.1, 0.15) is 0 Å². The van der Waals surface area contributed by atoms with Gasteiger partial charge in [-0.2, -0.15) is 0 Å². The molecule has 262 valence electrons. The second kappa shape index (κ2) is 14.3. The Balaban J connectivity index is 1.06. The van der Waals surface area contributed by atoms with Gasteiger partial charge in [-0.15, -0.1) is 0 Å². The largest absolute Gasteiger partial charge is 0.245 e. The fourth-order valence-corrected chi connectivity index (χ4v) is 7.41. The molecule has 4 heteroatoms. The minimum Gasteiger partial charge on any atom is -0.245 e. The van der Waals surface area contributed by atoms with E-state index in [4.69, 9.17) is 19.9 Å². The number of rotatable bonds is 7. The molecule has 0 amide bonds. The summed E-state index contributed by atoms with van der Waals surface area (Å²) in [5.41, 5.74) is 15.1. The highest BCUT2D eigenvalue weighted by molar-refractivity contribution is 6.09. The number of hydrogen-bond acceptors (Lipinski definition) is 4. The topological polar surface area (TPSA) is 51.6 Å². The summed E-state index contributed by atoms with van der Waals surface area (Å²) in [4.78, 5) is 20.6. The van der Waals surface area contributed by atoms with E-state index in [1.165, 1.54) is 0 Å². The zero-order valence-corrected chi connectivity index (χ0v) is 30.4. The highest BCUT2D eigenvalue weighted by Crippen LogP contribution is 2.37. The molecule has 0 fully saturated rings. The lowest BCUT2D eigenvalue weighted by molar-refractivity contribution is 1.18. The second-order valence-electron chi connectivity index (χ2n) is 13.9. The van der Waals surface area contributed by atoms with Gasteiger partial charge in [0.05, 0.1) is 33.8 Å². The second-order valence-corrected chi connectivity index (χ2v) is 13.9. The molecule has 56 heavy (non-hydrogen) atoms. The fourth-order valence-electron chi connectivity index (χ4n) is 7.41. The molecule has 0 aliphatic carbocycles. The van der Waals surface area contributed by atoms with E-state index >= 15 is 0 Å².